The third kappa shape index (κ3) is 4.28. The molecule has 0 bridgehead atoms. The van der Waals surface area contributed by atoms with Gasteiger partial charge in [0.2, 0.25) is 0 Å². The molecule has 138 valence electrons. The number of fused-ring (bicyclic) bond motifs is 1. The van der Waals surface area contributed by atoms with E-state index in [9.17, 15) is 9.59 Å². The van der Waals surface area contributed by atoms with Gasteiger partial charge in [-0.2, -0.15) is 0 Å². The topological polar surface area (TPSA) is 80.6 Å². The predicted octanol–water partition coefficient (Wildman–Crippen LogP) is 3.02. The maximum absolute atomic E-state index is 12.7. The first-order chi connectivity index (χ1) is 13.2. The van der Waals surface area contributed by atoms with Crippen LogP contribution in [0, 0.1) is 0 Å². The number of rotatable bonds is 7. The standard InChI is InChI=1S/C21H20N2O4/c24-20(23-16-7-8-16)13-27-19-11-15-5-2-1-4-14(15)10-18(19)21(25)22-12-17-6-3-9-26-17/h1-6,9-11,16H,7-8,12-13H2,(H,22,25)(H,23,24). The van der Waals surface area contributed by atoms with Crippen molar-refractivity contribution in [3.05, 3.63) is 66.1 Å². The first kappa shape index (κ1) is 17.1. The van der Waals surface area contributed by atoms with Crippen molar-refractivity contribution < 1.29 is 18.7 Å². The Morgan fingerprint density at radius 2 is 1.85 bits per heavy atom. The molecule has 0 aliphatic heterocycles. The lowest BCUT2D eigenvalue weighted by Gasteiger charge is -2.13. The Hall–Kier alpha value is -3.28. The van der Waals surface area contributed by atoms with Gasteiger partial charge in [0.25, 0.3) is 11.8 Å². The molecule has 27 heavy (non-hydrogen) atoms. The third-order valence-electron chi connectivity index (χ3n) is 4.40. The van der Waals surface area contributed by atoms with Gasteiger partial charge in [0.15, 0.2) is 6.61 Å². The van der Waals surface area contributed by atoms with Gasteiger partial charge in [-0.25, -0.2) is 0 Å². The minimum absolute atomic E-state index is 0.118. The van der Waals surface area contributed by atoms with Crippen LogP contribution in [0.4, 0.5) is 0 Å². The Labute approximate surface area is 156 Å². The fraction of sp³-hybridized carbons (Fsp3) is 0.238. The van der Waals surface area contributed by atoms with Gasteiger partial charge in [-0.3, -0.25) is 9.59 Å². The fourth-order valence-electron chi connectivity index (χ4n) is 2.83. The average molecular weight is 364 g/mol. The highest BCUT2D eigenvalue weighted by atomic mass is 16.5. The quantitative estimate of drug-likeness (QED) is 0.675. The Morgan fingerprint density at radius 3 is 2.56 bits per heavy atom. The Kier molecular flexibility index (Phi) is 4.78. The second-order valence-electron chi connectivity index (χ2n) is 6.59. The van der Waals surface area contributed by atoms with E-state index < -0.39 is 0 Å². The smallest absolute Gasteiger partial charge is 0.258 e. The van der Waals surface area contributed by atoms with Gasteiger partial charge in [-0.15, -0.1) is 0 Å². The summed E-state index contributed by atoms with van der Waals surface area (Å²) in [7, 11) is 0. The van der Waals surface area contributed by atoms with Crippen LogP contribution in [-0.2, 0) is 11.3 Å². The number of furan rings is 1. The van der Waals surface area contributed by atoms with Crippen LogP contribution in [0.15, 0.2) is 59.2 Å². The maximum Gasteiger partial charge on any atom is 0.258 e. The molecule has 0 unspecified atom stereocenters. The summed E-state index contributed by atoms with van der Waals surface area (Å²) >= 11 is 0. The van der Waals surface area contributed by atoms with Crippen LogP contribution in [0.1, 0.15) is 29.0 Å². The number of nitrogens with one attached hydrogen (secondary N) is 2. The summed E-state index contributed by atoms with van der Waals surface area (Å²) in [6.07, 6.45) is 3.59. The third-order valence-corrected chi connectivity index (χ3v) is 4.40. The van der Waals surface area contributed by atoms with Crippen LogP contribution < -0.4 is 15.4 Å². The number of ether oxygens (including phenoxy) is 1. The molecular weight excluding hydrogens is 344 g/mol. The molecule has 2 amide bonds. The number of carbonyl (C=O) groups is 2. The van der Waals surface area contributed by atoms with E-state index in [0.717, 1.165) is 23.6 Å². The van der Waals surface area contributed by atoms with Gasteiger partial charge in [0.05, 0.1) is 18.4 Å². The van der Waals surface area contributed by atoms with Gasteiger partial charge in [-0.05, 0) is 47.9 Å². The zero-order valence-corrected chi connectivity index (χ0v) is 14.7. The first-order valence-corrected chi connectivity index (χ1v) is 8.94. The summed E-state index contributed by atoms with van der Waals surface area (Å²) < 4.78 is 10.9. The molecule has 0 atom stereocenters. The van der Waals surface area contributed by atoms with E-state index in [4.69, 9.17) is 9.15 Å². The van der Waals surface area contributed by atoms with E-state index in [1.54, 1.807) is 30.5 Å². The van der Waals surface area contributed by atoms with Crippen molar-refractivity contribution in [2.24, 2.45) is 0 Å². The molecule has 3 aromatic rings. The molecule has 1 aromatic heterocycles. The number of hydrogen-bond donors (Lipinski definition) is 2. The molecule has 1 saturated carbocycles. The molecular formula is C21H20N2O4. The molecule has 1 aliphatic carbocycles. The zero-order chi connectivity index (χ0) is 18.6. The molecule has 1 fully saturated rings. The molecule has 4 rings (SSSR count). The van der Waals surface area contributed by atoms with Crippen LogP contribution in [0.3, 0.4) is 0 Å². The number of carbonyl (C=O) groups excluding carboxylic acids is 2. The summed E-state index contributed by atoms with van der Waals surface area (Å²) in [5.41, 5.74) is 0.388. The van der Waals surface area contributed by atoms with Gasteiger partial charge in [-0.1, -0.05) is 24.3 Å². The number of benzene rings is 2. The molecule has 1 heterocycles. The lowest BCUT2D eigenvalue weighted by Crippen LogP contribution is -2.31. The predicted molar refractivity (Wildman–Crippen MR) is 100 cm³/mol. The average Bonchev–Trinajstić information content (AvgIpc) is 3.34. The van der Waals surface area contributed by atoms with Crippen molar-refractivity contribution in [3.63, 3.8) is 0 Å². The fourth-order valence-corrected chi connectivity index (χ4v) is 2.83. The van der Waals surface area contributed by atoms with E-state index in [1.807, 2.05) is 24.3 Å². The van der Waals surface area contributed by atoms with Crippen molar-refractivity contribution >= 4 is 22.6 Å². The van der Waals surface area contributed by atoms with Crippen molar-refractivity contribution in [2.75, 3.05) is 6.61 Å². The van der Waals surface area contributed by atoms with E-state index >= 15 is 0 Å². The lowest BCUT2D eigenvalue weighted by atomic mass is 10.1. The largest absolute Gasteiger partial charge is 0.483 e. The second-order valence-corrected chi connectivity index (χ2v) is 6.59. The highest BCUT2D eigenvalue weighted by molar-refractivity contribution is 6.01. The molecule has 0 radical (unpaired) electrons. The Bertz CT molecular complexity index is 961. The monoisotopic (exact) mass is 364 g/mol. The van der Waals surface area contributed by atoms with Crippen LogP contribution in [-0.4, -0.2) is 24.5 Å². The van der Waals surface area contributed by atoms with Crippen LogP contribution in [0.5, 0.6) is 5.75 Å². The lowest BCUT2D eigenvalue weighted by molar-refractivity contribution is -0.123. The van der Waals surface area contributed by atoms with Crippen LogP contribution >= 0.6 is 0 Å². The normalized spacial score (nSPS) is 13.3. The minimum atomic E-state index is -0.283. The van der Waals surface area contributed by atoms with Gasteiger partial charge >= 0.3 is 0 Å². The van der Waals surface area contributed by atoms with Crippen molar-refractivity contribution in [3.8, 4) is 5.75 Å². The van der Waals surface area contributed by atoms with Crippen LogP contribution in [0.25, 0.3) is 10.8 Å². The van der Waals surface area contributed by atoms with E-state index in [1.165, 1.54) is 0 Å². The summed E-state index contributed by atoms with van der Waals surface area (Å²) in [4.78, 5) is 24.6. The highest BCUT2D eigenvalue weighted by Gasteiger charge is 2.23. The second kappa shape index (κ2) is 7.53. The Balaban J connectivity index is 1.53. The van der Waals surface area contributed by atoms with Gasteiger partial charge in [0, 0.05) is 6.04 Å². The maximum atomic E-state index is 12.7. The van der Waals surface area contributed by atoms with Crippen molar-refractivity contribution in [1.82, 2.24) is 10.6 Å². The summed E-state index contributed by atoms with van der Waals surface area (Å²) in [5, 5.41) is 7.57. The molecule has 2 N–H and O–H groups in total. The summed E-state index contributed by atoms with van der Waals surface area (Å²) in [6.45, 7) is 0.160. The van der Waals surface area contributed by atoms with E-state index in [2.05, 4.69) is 10.6 Å². The molecule has 6 heteroatoms. The molecule has 1 aliphatic rings. The van der Waals surface area contributed by atoms with Crippen molar-refractivity contribution in [1.29, 1.82) is 0 Å². The van der Waals surface area contributed by atoms with Gasteiger partial charge in [0.1, 0.15) is 11.5 Å². The molecule has 2 aromatic carbocycles. The summed E-state index contributed by atoms with van der Waals surface area (Å²) in [5.74, 6) is 0.592. The van der Waals surface area contributed by atoms with Gasteiger partial charge < -0.3 is 19.8 Å². The van der Waals surface area contributed by atoms with Crippen molar-refractivity contribution in [2.45, 2.75) is 25.4 Å². The summed E-state index contributed by atoms with van der Waals surface area (Å²) in [6, 6.07) is 15.1. The van der Waals surface area contributed by atoms with E-state index in [-0.39, 0.29) is 31.0 Å². The van der Waals surface area contributed by atoms with Crippen LogP contribution in [0.2, 0.25) is 0 Å². The number of hydrogen-bond acceptors (Lipinski definition) is 4. The minimum Gasteiger partial charge on any atom is -0.483 e. The number of amides is 2. The molecule has 6 nitrogen and oxygen atoms in total. The highest BCUT2D eigenvalue weighted by Crippen LogP contribution is 2.26. The zero-order valence-electron chi connectivity index (χ0n) is 14.7. The molecule has 0 saturated heterocycles. The Morgan fingerprint density at radius 1 is 1.07 bits per heavy atom. The van der Waals surface area contributed by atoms with E-state index in [0.29, 0.717) is 17.1 Å². The molecule has 0 spiro atoms. The SMILES string of the molecule is O=C(COc1cc2ccccc2cc1C(=O)NCc1ccco1)NC1CC1. The first-order valence-electron chi connectivity index (χ1n) is 8.94.